The fourth-order valence-corrected chi connectivity index (χ4v) is 4.03. The first-order valence-corrected chi connectivity index (χ1v) is 12.4. The van der Waals surface area contributed by atoms with Crippen LogP contribution < -0.4 is 10.6 Å². The lowest BCUT2D eigenvalue weighted by Crippen LogP contribution is -2.54. The molecule has 1 heterocycles. The van der Waals surface area contributed by atoms with Gasteiger partial charge in [0.15, 0.2) is 5.82 Å². The molecule has 4 N–H and O–H groups in total. The second kappa shape index (κ2) is 13.3. The Balaban J connectivity index is 1.46. The molecule has 0 unspecified atom stereocenters. The number of carbonyl (C=O) groups is 2. The van der Waals surface area contributed by atoms with Crippen molar-refractivity contribution < 1.29 is 19.6 Å². The lowest BCUT2D eigenvalue weighted by molar-refractivity contribution is -0.123. The first kappa shape index (κ1) is 26.7. The van der Waals surface area contributed by atoms with Crippen molar-refractivity contribution in [1.29, 1.82) is 0 Å². The normalized spacial score (nSPS) is 12.3. The van der Waals surface area contributed by atoms with Crippen molar-refractivity contribution in [3.63, 3.8) is 0 Å². The van der Waals surface area contributed by atoms with Gasteiger partial charge < -0.3 is 20.7 Å². The van der Waals surface area contributed by atoms with Gasteiger partial charge in [-0.25, -0.2) is 9.97 Å². The van der Waals surface area contributed by atoms with Gasteiger partial charge in [0.25, 0.3) is 5.91 Å². The average Bonchev–Trinajstić information content (AvgIpc) is 2.96. The first-order valence-electron chi connectivity index (χ1n) is 12.4. The number of nitrogens with zero attached hydrogens (tertiary/aromatic N) is 2. The maximum absolute atomic E-state index is 13.3. The minimum atomic E-state index is -1.75. The molecule has 0 radical (unpaired) electrons. The Labute approximate surface area is 222 Å². The highest BCUT2D eigenvalue weighted by Crippen LogP contribution is 2.14. The summed E-state index contributed by atoms with van der Waals surface area (Å²) < 4.78 is 0. The van der Waals surface area contributed by atoms with E-state index in [1.807, 2.05) is 91.0 Å². The minimum absolute atomic E-state index is 0.207. The molecule has 4 rings (SSSR count). The molecule has 0 aliphatic rings. The molecule has 4 aromatic rings. The van der Waals surface area contributed by atoms with E-state index in [1.165, 1.54) is 12.4 Å². The Bertz CT molecular complexity index is 1310. The Morgan fingerprint density at radius 1 is 0.763 bits per heavy atom. The molecule has 0 fully saturated rings. The lowest BCUT2D eigenvalue weighted by Gasteiger charge is -2.23. The number of rotatable bonds is 11. The molecule has 2 atom stereocenters. The molecule has 0 aliphatic carbocycles. The van der Waals surface area contributed by atoms with E-state index in [2.05, 4.69) is 20.6 Å². The Kier molecular flexibility index (Phi) is 9.34. The van der Waals surface area contributed by atoms with E-state index in [4.69, 9.17) is 0 Å². The van der Waals surface area contributed by atoms with Crippen LogP contribution in [-0.2, 0) is 17.6 Å². The van der Waals surface area contributed by atoms with Crippen molar-refractivity contribution in [2.75, 3.05) is 0 Å². The van der Waals surface area contributed by atoms with Gasteiger partial charge in [0.1, 0.15) is 6.04 Å². The van der Waals surface area contributed by atoms with Crippen molar-refractivity contribution in [3.05, 3.63) is 120 Å². The maximum atomic E-state index is 13.3. The molecule has 192 valence electrons. The van der Waals surface area contributed by atoms with Gasteiger partial charge in [-0.3, -0.25) is 9.59 Å². The third kappa shape index (κ3) is 7.58. The number of carbonyl (C=O) groups excluding carboxylic acids is 2. The summed E-state index contributed by atoms with van der Waals surface area (Å²) in [5.41, 5.74) is 2.89. The highest BCUT2D eigenvalue weighted by molar-refractivity contribution is 6.43. The summed E-state index contributed by atoms with van der Waals surface area (Å²) in [6.07, 6.45) is 3.91. The molecule has 0 saturated carbocycles. The zero-order valence-corrected chi connectivity index (χ0v) is 20.8. The van der Waals surface area contributed by atoms with Crippen molar-refractivity contribution >= 4 is 18.9 Å². The Hall–Kier alpha value is -4.34. The topological polar surface area (TPSA) is 124 Å². The zero-order chi connectivity index (χ0) is 26.7. The lowest BCUT2D eigenvalue weighted by atomic mass is 9.76. The molecule has 0 spiro atoms. The van der Waals surface area contributed by atoms with Crippen LogP contribution in [0, 0.1) is 0 Å². The quantitative estimate of drug-likeness (QED) is 0.231. The van der Waals surface area contributed by atoms with Crippen molar-refractivity contribution in [3.8, 4) is 11.4 Å². The number of hydrogen-bond acceptors (Lipinski definition) is 6. The largest absolute Gasteiger partial charge is 0.475 e. The Morgan fingerprint density at radius 3 is 1.89 bits per heavy atom. The summed E-state index contributed by atoms with van der Waals surface area (Å²) in [5.74, 6) is -1.45. The average molecular weight is 508 g/mol. The van der Waals surface area contributed by atoms with Crippen molar-refractivity contribution in [2.24, 2.45) is 0 Å². The molecule has 0 saturated heterocycles. The maximum Gasteiger partial charge on any atom is 0.475 e. The number of hydrogen-bond donors (Lipinski definition) is 4. The number of benzene rings is 3. The van der Waals surface area contributed by atoms with E-state index >= 15 is 0 Å². The molecule has 3 aromatic carbocycles. The zero-order valence-electron chi connectivity index (χ0n) is 20.8. The van der Waals surface area contributed by atoms with Crippen LogP contribution in [-0.4, -0.2) is 50.9 Å². The van der Waals surface area contributed by atoms with E-state index in [0.29, 0.717) is 18.7 Å². The Morgan fingerprint density at radius 2 is 1.32 bits per heavy atom. The number of aryl methyl sites for hydroxylation is 1. The van der Waals surface area contributed by atoms with E-state index in [-0.39, 0.29) is 12.0 Å². The number of aromatic nitrogens is 2. The van der Waals surface area contributed by atoms with Crippen molar-refractivity contribution in [1.82, 2.24) is 20.6 Å². The highest BCUT2D eigenvalue weighted by Gasteiger charge is 2.29. The molecular formula is C29H29BN4O4. The van der Waals surface area contributed by atoms with Gasteiger partial charge in [-0.05, 0) is 24.0 Å². The van der Waals surface area contributed by atoms with Crippen LogP contribution in [0.5, 0.6) is 0 Å². The second-order valence-electron chi connectivity index (χ2n) is 8.93. The van der Waals surface area contributed by atoms with Gasteiger partial charge in [0.05, 0.1) is 11.5 Å². The second-order valence-corrected chi connectivity index (χ2v) is 8.93. The fourth-order valence-electron chi connectivity index (χ4n) is 4.03. The van der Waals surface area contributed by atoms with Crippen LogP contribution in [0.1, 0.15) is 27.9 Å². The van der Waals surface area contributed by atoms with Crippen LogP contribution in [0.25, 0.3) is 11.4 Å². The smallest absolute Gasteiger partial charge is 0.426 e. The van der Waals surface area contributed by atoms with Crippen LogP contribution in [0.4, 0.5) is 0 Å². The number of amides is 2. The molecule has 2 amide bonds. The highest BCUT2D eigenvalue weighted by atomic mass is 16.4. The van der Waals surface area contributed by atoms with E-state index in [0.717, 1.165) is 16.7 Å². The van der Waals surface area contributed by atoms with Crippen LogP contribution in [0.2, 0.25) is 0 Å². The summed E-state index contributed by atoms with van der Waals surface area (Å²) in [5, 5.41) is 25.3. The van der Waals surface area contributed by atoms with Gasteiger partial charge in [-0.1, -0.05) is 91.0 Å². The summed E-state index contributed by atoms with van der Waals surface area (Å²) in [6, 6.07) is 27.3. The van der Waals surface area contributed by atoms with E-state index in [1.54, 1.807) is 0 Å². The molecule has 8 nitrogen and oxygen atoms in total. The molecule has 1 aromatic heterocycles. The first-order chi connectivity index (χ1) is 18.5. The van der Waals surface area contributed by atoms with E-state index in [9.17, 15) is 19.6 Å². The van der Waals surface area contributed by atoms with Gasteiger partial charge in [0, 0.05) is 24.4 Å². The monoisotopic (exact) mass is 508 g/mol. The summed E-state index contributed by atoms with van der Waals surface area (Å²) in [4.78, 5) is 34.9. The summed E-state index contributed by atoms with van der Waals surface area (Å²) >= 11 is 0. The van der Waals surface area contributed by atoms with Crippen LogP contribution in [0.3, 0.4) is 0 Å². The van der Waals surface area contributed by atoms with Gasteiger partial charge >= 0.3 is 7.12 Å². The van der Waals surface area contributed by atoms with Gasteiger partial charge in [-0.2, -0.15) is 0 Å². The molecular weight excluding hydrogens is 479 g/mol. The predicted molar refractivity (Wildman–Crippen MR) is 146 cm³/mol. The van der Waals surface area contributed by atoms with E-state index < -0.39 is 30.9 Å². The summed E-state index contributed by atoms with van der Waals surface area (Å²) in [6.45, 7) is 0. The van der Waals surface area contributed by atoms with Crippen LogP contribution in [0.15, 0.2) is 103 Å². The van der Waals surface area contributed by atoms with Gasteiger partial charge in [0.2, 0.25) is 5.91 Å². The predicted octanol–water partition coefficient (Wildman–Crippen LogP) is 2.61. The standard InChI is InChI=1S/C29H29BN4O4/c35-28(24-19-31-27(32-20-24)23-14-8-3-9-15-23)33-25(18-22-12-6-2-7-13-22)29(36)34-26(30(37)38)17-16-21-10-4-1-5-11-21/h1-15,19-20,25-26,37-38H,16-18H2,(H,33,35)(H,34,36)/t25-,26-/m0/s1. The third-order valence-corrected chi connectivity index (χ3v) is 6.12. The number of nitrogens with one attached hydrogen (secondary N) is 2. The summed E-state index contributed by atoms with van der Waals surface area (Å²) in [7, 11) is -1.75. The van der Waals surface area contributed by atoms with Gasteiger partial charge in [-0.15, -0.1) is 0 Å². The molecule has 0 bridgehead atoms. The van der Waals surface area contributed by atoms with Crippen molar-refractivity contribution in [2.45, 2.75) is 31.2 Å². The van der Waals surface area contributed by atoms with Crippen LogP contribution >= 0.6 is 0 Å². The SMILES string of the molecule is O=C(N[C@@H](Cc1ccccc1)C(=O)N[C@@H](CCc1ccccc1)B(O)O)c1cnc(-c2ccccc2)nc1. The fraction of sp³-hybridized carbons (Fsp3) is 0.172. The third-order valence-electron chi connectivity index (χ3n) is 6.12. The molecule has 38 heavy (non-hydrogen) atoms. The minimum Gasteiger partial charge on any atom is -0.426 e. The molecule has 0 aliphatic heterocycles. The molecule has 9 heteroatoms.